The lowest BCUT2D eigenvalue weighted by atomic mass is 10.1. The van der Waals surface area contributed by atoms with Gasteiger partial charge in [0.15, 0.2) is 6.29 Å². The normalized spacial score (nSPS) is 10.5. The van der Waals surface area contributed by atoms with E-state index in [0.717, 1.165) is 0 Å². The Kier molecular flexibility index (Phi) is 3.30. The molecule has 0 heterocycles. The zero-order valence-electron chi connectivity index (χ0n) is 7.58. The first-order chi connectivity index (χ1) is 7.17. The summed E-state index contributed by atoms with van der Waals surface area (Å²) in [6, 6.07) is 7.26. The van der Waals surface area contributed by atoms with Crippen molar-refractivity contribution < 1.29 is 9.72 Å². The monoisotopic (exact) mass is 202 g/mol. The molecule has 5 nitrogen and oxygen atoms in total. The minimum Gasteiger partial charge on any atom is -0.297 e. The molecule has 0 radical (unpaired) electrons. The van der Waals surface area contributed by atoms with Crippen molar-refractivity contribution in [3.63, 3.8) is 0 Å². The topological polar surface area (TPSA) is 84.0 Å². The van der Waals surface area contributed by atoms with Crippen molar-refractivity contribution >= 4 is 18.0 Å². The Morgan fingerprint density at radius 3 is 2.40 bits per heavy atom. The molecule has 15 heavy (non-hydrogen) atoms. The van der Waals surface area contributed by atoms with E-state index in [1.165, 1.54) is 30.3 Å². The van der Waals surface area contributed by atoms with E-state index in [9.17, 15) is 14.9 Å². The first-order valence-corrected chi connectivity index (χ1v) is 3.99. The Labute approximate surface area is 85.4 Å². The van der Waals surface area contributed by atoms with E-state index in [1.54, 1.807) is 6.07 Å². The van der Waals surface area contributed by atoms with Gasteiger partial charge in [-0.2, -0.15) is 5.26 Å². The van der Waals surface area contributed by atoms with Crippen molar-refractivity contribution in [1.29, 1.82) is 5.26 Å². The summed E-state index contributed by atoms with van der Waals surface area (Å²) >= 11 is 0. The van der Waals surface area contributed by atoms with E-state index in [0.29, 0.717) is 11.8 Å². The highest BCUT2D eigenvalue weighted by atomic mass is 16.6. The maximum atomic E-state index is 10.3. The van der Waals surface area contributed by atoms with E-state index in [4.69, 9.17) is 5.26 Å². The van der Waals surface area contributed by atoms with Crippen molar-refractivity contribution in [2.45, 2.75) is 0 Å². The highest BCUT2D eigenvalue weighted by molar-refractivity contribution is 5.86. The fraction of sp³-hybridized carbons (Fsp3) is 0. The summed E-state index contributed by atoms with van der Waals surface area (Å²) in [7, 11) is 0. The molecule has 5 heteroatoms. The molecule has 0 aliphatic heterocycles. The molecular weight excluding hydrogens is 196 g/mol. The lowest BCUT2D eigenvalue weighted by Gasteiger charge is -1.93. The molecule has 0 aliphatic rings. The van der Waals surface area contributed by atoms with Gasteiger partial charge in [0.25, 0.3) is 5.69 Å². The third kappa shape index (κ3) is 2.74. The number of nitriles is 1. The number of allylic oxidation sites excluding steroid dienone is 1. The van der Waals surface area contributed by atoms with Crippen LogP contribution in [0.1, 0.15) is 5.56 Å². The number of benzene rings is 1. The molecule has 0 aliphatic carbocycles. The molecule has 0 bridgehead atoms. The van der Waals surface area contributed by atoms with Gasteiger partial charge < -0.3 is 0 Å². The van der Waals surface area contributed by atoms with Crippen LogP contribution < -0.4 is 0 Å². The number of rotatable bonds is 3. The number of carbonyl (C=O) groups is 1. The van der Waals surface area contributed by atoms with Crippen LogP contribution in [0.3, 0.4) is 0 Å². The molecule has 0 aromatic heterocycles. The maximum Gasteiger partial charge on any atom is 0.269 e. The van der Waals surface area contributed by atoms with Crippen molar-refractivity contribution in [3.8, 4) is 6.07 Å². The van der Waals surface area contributed by atoms with E-state index >= 15 is 0 Å². The second-order valence-corrected chi connectivity index (χ2v) is 2.68. The molecule has 0 fully saturated rings. The van der Waals surface area contributed by atoms with E-state index in [2.05, 4.69) is 0 Å². The number of hydrogen-bond donors (Lipinski definition) is 0. The fourth-order valence-corrected chi connectivity index (χ4v) is 0.964. The molecule has 1 aromatic rings. The van der Waals surface area contributed by atoms with Gasteiger partial charge >= 0.3 is 0 Å². The average molecular weight is 202 g/mol. The third-order valence-electron chi connectivity index (χ3n) is 1.68. The molecule has 0 spiro atoms. The number of aldehydes is 1. The summed E-state index contributed by atoms with van der Waals surface area (Å²) in [6.45, 7) is 0. The van der Waals surface area contributed by atoms with E-state index in [-0.39, 0.29) is 11.3 Å². The lowest BCUT2D eigenvalue weighted by molar-refractivity contribution is -0.384. The van der Waals surface area contributed by atoms with Crippen LogP contribution in [0.4, 0.5) is 5.69 Å². The van der Waals surface area contributed by atoms with Gasteiger partial charge in [-0.05, 0) is 23.8 Å². The maximum absolute atomic E-state index is 10.3. The van der Waals surface area contributed by atoms with Crippen LogP contribution in [0.15, 0.2) is 29.8 Å². The van der Waals surface area contributed by atoms with Crippen LogP contribution in [0.25, 0.3) is 6.08 Å². The number of non-ortho nitro benzene ring substituents is 1. The Balaban J connectivity index is 3.00. The standard InChI is InChI=1S/C10H6N2O3/c11-6-9(7-13)5-8-1-3-10(4-2-8)12(14)15/h1-5,7H/b9-5+. The molecule has 0 amide bonds. The molecule has 1 rings (SSSR count). The summed E-state index contributed by atoms with van der Waals surface area (Å²) < 4.78 is 0. The van der Waals surface area contributed by atoms with E-state index in [1.807, 2.05) is 0 Å². The van der Waals surface area contributed by atoms with Gasteiger partial charge in [-0.15, -0.1) is 0 Å². The van der Waals surface area contributed by atoms with Gasteiger partial charge in [-0.25, -0.2) is 0 Å². The second kappa shape index (κ2) is 4.67. The lowest BCUT2D eigenvalue weighted by Crippen LogP contribution is -1.87. The van der Waals surface area contributed by atoms with Crippen molar-refractivity contribution in [3.05, 3.63) is 45.5 Å². The van der Waals surface area contributed by atoms with Crippen LogP contribution in [-0.2, 0) is 4.79 Å². The Hall–Kier alpha value is -2.48. The zero-order chi connectivity index (χ0) is 11.3. The number of hydrogen-bond acceptors (Lipinski definition) is 4. The fourth-order valence-electron chi connectivity index (χ4n) is 0.964. The Bertz CT molecular complexity index is 455. The van der Waals surface area contributed by atoms with Crippen LogP contribution in [-0.4, -0.2) is 11.2 Å². The Morgan fingerprint density at radius 2 is 2.00 bits per heavy atom. The molecule has 0 saturated heterocycles. The third-order valence-corrected chi connectivity index (χ3v) is 1.68. The smallest absolute Gasteiger partial charge is 0.269 e. The van der Waals surface area contributed by atoms with Crippen LogP contribution in [0, 0.1) is 21.4 Å². The average Bonchev–Trinajstić information content (AvgIpc) is 2.26. The molecule has 0 N–H and O–H groups in total. The van der Waals surface area contributed by atoms with Gasteiger partial charge in [-0.3, -0.25) is 14.9 Å². The quantitative estimate of drug-likeness (QED) is 0.245. The van der Waals surface area contributed by atoms with Crippen LogP contribution >= 0.6 is 0 Å². The first kappa shape index (κ1) is 10.6. The number of nitrogens with zero attached hydrogens (tertiary/aromatic N) is 2. The molecule has 0 unspecified atom stereocenters. The number of nitro benzene ring substituents is 1. The number of nitro groups is 1. The molecule has 0 atom stereocenters. The second-order valence-electron chi connectivity index (χ2n) is 2.68. The van der Waals surface area contributed by atoms with Gasteiger partial charge in [0.2, 0.25) is 0 Å². The summed E-state index contributed by atoms with van der Waals surface area (Å²) in [5.41, 5.74) is 0.518. The van der Waals surface area contributed by atoms with Crippen molar-refractivity contribution in [1.82, 2.24) is 0 Å². The van der Waals surface area contributed by atoms with Crippen LogP contribution in [0.2, 0.25) is 0 Å². The van der Waals surface area contributed by atoms with Gasteiger partial charge in [0.1, 0.15) is 6.07 Å². The van der Waals surface area contributed by atoms with Gasteiger partial charge in [-0.1, -0.05) is 0 Å². The SMILES string of the molecule is N#C/C(C=O)=C\c1ccc([N+](=O)[O-])cc1. The number of carbonyl (C=O) groups excluding carboxylic acids is 1. The van der Waals surface area contributed by atoms with Crippen molar-refractivity contribution in [2.24, 2.45) is 0 Å². The minimum atomic E-state index is -0.515. The summed E-state index contributed by atoms with van der Waals surface area (Å²) in [6.07, 6.45) is 1.79. The van der Waals surface area contributed by atoms with Gasteiger partial charge in [0, 0.05) is 12.1 Å². The largest absolute Gasteiger partial charge is 0.297 e. The molecule has 1 aromatic carbocycles. The van der Waals surface area contributed by atoms with E-state index < -0.39 is 4.92 Å². The zero-order valence-corrected chi connectivity index (χ0v) is 7.58. The molecule has 0 saturated carbocycles. The highest BCUT2D eigenvalue weighted by Crippen LogP contribution is 2.13. The van der Waals surface area contributed by atoms with Crippen molar-refractivity contribution in [2.75, 3.05) is 0 Å². The van der Waals surface area contributed by atoms with Gasteiger partial charge in [0.05, 0.1) is 10.5 Å². The highest BCUT2D eigenvalue weighted by Gasteiger charge is 2.02. The predicted octanol–water partition coefficient (Wildman–Crippen LogP) is 1.70. The molecule has 74 valence electrons. The molecular formula is C10H6N2O3. The summed E-state index contributed by atoms with van der Waals surface area (Å²) in [5, 5.41) is 18.8. The Morgan fingerprint density at radius 1 is 1.40 bits per heavy atom. The van der Waals surface area contributed by atoms with Crippen LogP contribution in [0.5, 0.6) is 0 Å². The first-order valence-electron chi connectivity index (χ1n) is 3.99. The summed E-state index contributed by atoms with van der Waals surface area (Å²) in [4.78, 5) is 20.1. The predicted molar refractivity (Wildman–Crippen MR) is 52.8 cm³/mol. The minimum absolute atomic E-state index is 0.0242. The summed E-state index contributed by atoms with van der Waals surface area (Å²) in [5.74, 6) is 0.